The van der Waals surface area contributed by atoms with Gasteiger partial charge in [-0.05, 0) is 25.8 Å². The van der Waals surface area contributed by atoms with E-state index in [0.29, 0.717) is 37.0 Å². The highest BCUT2D eigenvalue weighted by atomic mass is 19.1. The number of aryl methyl sites for hydroxylation is 1. The van der Waals surface area contributed by atoms with Gasteiger partial charge in [-0.1, -0.05) is 0 Å². The van der Waals surface area contributed by atoms with Crippen LogP contribution in [0.3, 0.4) is 0 Å². The fourth-order valence-corrected chi connectivity index (χ4v) is 3.84. The Morgan fingerprint density at radius 3 is 2.96 bits per heavy atom. The van der Waals surface area contributed by atoms with Crippen LogP contribution in [0.1, 0.15) is 35.4 Å². The van der Waals surface area contributed by atoms with Gasteiger partial charge in [0, 0.05) is 13.0 Å². The third kappa shape index (κ3) is 3.29. The zero-order valence-electron chi connectivity index (χ0n) is 14.6. The molecule has 0 aliphatic carbocycles. The molecule has 2 saturated heterocycles. The number of hydrogen-bond donors (Lipinski definition) is 1. The van der Waals surface area contributed by atoms with Gasteiger partial charge in [0.25, 0.3) is 5.91 Å². The predicted molar refractivity (Wildman–Crippen MR) is 91.3 cm³/mol. The molecule has 0 saturated carbocycles. The van der Waals surface area contributed by atoms with Crippen molar-refractivity contribution in [3.8, 4) is 0 Å². The van der Waals surface area contributed by atoms with E-state index in [9.17, 15) is 9.18 Å². The highest BCUT2D eigenvalue weighted by Crippen LogP contribution is 2.36. The second-order valence-electron chi connectivity index (χ2n) is 6.99. The molecule has 1 amide bonds. The molecule has 1 N–H and O–H groups in total. The second kappa shape index (κ2) is 6.68. The summed E-state index contributed by atoms with van der Waals surface area (Å²) in [5.74, 6) is 0.535. The van der Waals surface area contributed by atoms with Crippen molar-refractivity contribution in [1.29, 1.82) is 0 Å². The summed E-state index contributed by atoms with van der Waals surface area (Å²) in [6.07, 6.45) is 6.36. The van der Waals surface area contributed by atoms with E-state index in [0.717, 1.165) is 31.7 Å². The fraction of sp³-hybridized carbons (Fsp3) is 0.500. The monoisotopic (exact) mass is 360 g/mol. The Balaban J connectivity index is 1.41. The van der Waals surface area contributed by atoms with Crippen molar-refractivity contribution < 1.29 is 18.3 Å². The van der Waals surface area contributed by atoms with Gasteiger partial charge in [-0.25, -0.2) is 14.4 Å². The number of halogens is 1. The van der Waals surface area contributed by atoms with Crippen LogP contribution in [0.2, 0.25) is 0 Å². The molecule has 0 aromatic carbocycles. The maximum Gasteiger partial charge on any atom is 0.257 e. The number of nitrogens with one attached hydrogen (secondary N) is 1. The number of ether oxygens (including phenoxy) is 1. The molecule has 138 valence electrons. The molecule has 0 unspecified atom stereocenters. The third-order valence-electron chi connectivity index (χ3n) is 5.08. The Morgan fingerprint density at radius 2 is 2.23 bits per heavy atom. The molecule has 26 heavy (non-hydrogen) atoms. The standard InChI is InChI=1S/C18H21FN4O3/c1-12-15(3-6-25-12)16(24)23-5-2-4-18(11-23)7-14(10-26-18)22-17-20-8-13(19)9-21-17/h3,6,8-9,14H,2,4-5,7,10-11H2,1H3,(H,20,21,22)/t14-,18-/m0/s1. The molecule has 2 aromatic rings. The third-order valence-corrected chi connectivity index (χ3v) is 5.08. The lowest BCUT2D eigenvalue weighted by Crippen LogP contribution is -2.50. The van der Waals surface area contributed by atoms with Gasteiger partial charge in [0.15, 0.2) is 5.82 Å². The lowest BCUT2D eigenvalue weighted by atomic mass is 9.88. The van der Waals surface area contributed by atoms with Gasteiger partial charge in [-0.3, -0.25) is 4.79 Å². The quantitative estimate of drug-likeness (QED) is 0.905. The minimum Gasteiger partial charge on any atom is -0.469 e. The minimum atomic E-state index is -0.467. The number of rotatable bonds is 3. The van der Waals surface area contributed by atoms with Gasteiger partial charge in [0.05, 0.1) is 49.0 Å². The van der Waals surface area contributed by atoms with E-state index in [-0.39, 0.29) is 17.6 Å². The van der Waals surface area contributed by atoms with Crippen LogP contribution in [0.15, 0.2) is 29.1 Å². The number of likely N-dealkylation sites (tertiary alicyclic amines) is 1. The van der Waals surface area contributed by atoms with Gasteiger partial charge >= 0.3 is 0 Å². The zero-order valence-corrected chi connectivity index (χ0v) is 14.6. The average Bonchev–Trinajstić information content (AvgIpc) is 3.23. The van der Waals surface area contributed by atoms with Crippen LogP contribution in [0.25, 0.3) is 0 Å². The van der Waals surface area contributed by atoms with Crippen LogP contribution >= 0.6 is 0 Å². The molecule has 7 nitrogen and oxygen atoms in total. The molecule has 2 aromatic heterocycles. The Labute approximate surface area is 150 Å². The number of carbonyl (C=O) groups is 1. The Morgan fingerprint density at radius 1 is 1.42 bits per heavy atom. The van der Waals surface area contributed by atoms with E-state index in [1.54, 1.807) is 13.0 Å². The largest absolute Gasteiger partial charge is 0.469 e. The van der Waals surface area contributed by atoms with E-state index in [1.807, 2.05) is 4.90 Å². The van der Waals surface area contributed by atoms with Crippen molar-refractivity contribution in [1.82, 2.24) is 14.9 Å². The highest BCUT2D eigenvalue weighted by molar-refractivity contribution is 5.95. The predicted octanol–water partition coefficient (Wildman–Crippen LogP) is 2.39. The van der Waals surface area contributed by atoms with Crippen molar-refractivity contribution in [2.24, 2.45) is 0 Å². The first-order valence-corrected chi connectivity index (χ1v) is 8.76. The van der Waals surface area contributed by atoms with Crippen LogP contribution in [0.4, 0.5) is 10.3 Å². The molecule has 8 heteroatoms. The molecular formula is C18H21FN4O3. The summed E-state index contributed by atoms with van der Waals surface area (Å²) < 4.78 is 24.3. The molecule has 2 atom stereocenters. The Bertz CT molecular complexity index is 794. The van der Waals surface area contributed by atoms with E-state index in [4.69, 9.17) is 9.15 Å². The maximum absolute atomic E-state index is 12.9. The van der Waals surface area contributed by atoms with Crippen molar-refractivity contribution in [3.05, 3.63) is 41.9 Å². The van der Waals surface area contributed by atoms with Crippen molar-refractivity contribution in [3.63, 3.8) is 0 Å². The number of carbonyl (C=O) groups excluding carboxylic acids is 1. The van der Waals surface area contributed by atoms with E-state index in [1.165, 1.54) is 6.26 Å². The van der Waals surface area contributed by atoms with Crippen LogP contribution in [0.5, 0.6) is 0 Å². The van der Waals surface area contributed by atoms with Gasteiger partial charge < -0.3 is 19.4 Å². The van der Waals surface area contributed by atoms with Crippen LogP contribution < -0.4 is 5.32 Å². The van der Waals surface area contributed by atoms with Gasteiger partial charge in [-0.2, -0.15) is 0 Å². The van der Waals surface area contributed by atoms with E-state index in [2.05, 4.69) is 15.3 Å². The smallest absolute Gasteiger partial charge is 0.257 e. The molecule has 4 heterocycles. The van der Waals surface area contributed by atoms with Crippen LogP contribution in [-0.2, 0) is 4.74 Å². The summed E-state index contributed by atoms with van der Waals surface area (Å²) in [6.45, 7) is 3.57. The molecule has 0 radical (unpaired) electrons. The molecule has 2 aliphatic rings. The topological polar surface area (TPSA) is 80.5 Å². The Kier molecular flexibility index (Phi) is 4.36. The molecule has 2 aliphatic heterocycles. The second-order valence-corrected chi connectivity index (χ2v) is 6.99. The molecular weight excluding hydrogens is 339 g/mol. The lowest BCUT2D eigenvalue weighted by Gasteiger charge is -2.39. The van der Waals surface area contributed by atoms with E-state index >= 15 is 0 Å². The minimum absolute atomic E-state index is 0.0165. The van der Waals surface area contributed by atoms with Crippen LogP contribution in [-0.4, -0.2) is 52.1 Å². The molecule has 1 spiro atoms. The van der Waals surface area contributed by atoms with Crippen molar-refractivity contribution in [2.45, 2.75) is 37.8 Å². The zero-order chi connectivity index (χ0) is 18.1. The number of aromatic nitrogens is 2. The molecule has 4 rings (SSSR count). The number of nitrogens with zero attached hydrogens (tertiary/aromatic N) is 3. The summed E-state index contributed by atoms with van der Waals surface area (Å²) >= 11 is 0. The SMILES string of the molecule is Cc1occc1C(=O)N1CCC[C@]2(C[C@H](Nc3ncc(F)cn3)CO2)C1. The lowest BCUT2D eigenvalue weighted by molar-refractivity contribution is -0.0447. The first kappa shape index (κ1) is 17.0. The number of anilines is 1. The summed E-state index contributed by atoms with van der Waals surface area (Å²) in [6, 6.07) is 1.75. The Hall–Kier alpha value is -2.48. The maximum atomic E-state index is 12.9. The van der Waals surface area contributed by atoms with Gasteiger partial charge in [0.1, 0.15) is 5.76 Å². The molecule has 2 fully saturated rings. The van der Waals surface area contributed by atoms with E-state index < -0.39 is 5.82 Å². The summed E-state index contributed by atoms with van der Waals surface area (Å²) in [5, 5.41) is 3.19. The van der Waals surface area contributed by atoms with Crippen molar-refractivity contribution >= 4 is 11.9 Å². The number of amides is 1. The number of hydrogen-bond acceptors (Lipinski definition) is 6. The average molecular weight is 360 g/mol. The fourth-order valence-electron chi connectivity index (χ4n) is 3.84. The first-order valence-electron chi connectivity index (χ1n) is 8.76. The highest BCUT2D eigenvalue weighted by Gasteiger charge is 2.45. The van der Waals surface area contributed by atoms with Gasteiger partial charge in [-0.15, -0.1) is 0 Å². The molecule has 0 bridgehead atoms. The number of piperidine rings is 1. The number of furan rings is 1. The van der Waals surface area contributed by atoms with Crippen molar-refractivity contribution in [2.75, 3.05) is 25.0 Å². The normalized spacial score (nSPS) is 25.6. The summed E-state index contributed by atoms with van der Waals surface area (Å²) in [7, 11) is 0. The van der Waals surface area contributed by atoms with Gasteiger partial charge in [0.2, 0.25) is 5.95 Å². The van der Waals surface area contributed by atoms with Crippen LogP contribution in [0, 0.1) is 12.7 Å². The summed E-state index contributed by atoms with van der Waals surface area (Å²) in [4.78, 5) is 22.5. The first-order chi connectivity index (χ1) is 12.5. The summed E-state index contributed by atoms with van der Waals surface area (Å²) in [5.41, 5.74) is 0.248.